The van der Waals surface area contributed by atoms with Crippen molar-refractivity contribution in [1.82, 2.24) is 20.3 Å². The average molecular weight is 270 g/mol. The van der Waals surface area contributed by atoms with Crippen molar-refractivity contribution in [1.29, 1.82) is 0 Å². The summed E-state index contributed by atoms with van der Waals surface area (Å²) in [4.78, 5) is 13.0. The maximum atomic E-state index is 5.04. The minimum absolute atomic E-state index is 0.621. The third kappa shape index (κ3) is 3.51. The molecule has 0 unspecified atom stereocenters. The molecular weight excluding hydrogens is 252 g/mol. The molecule has 5 nitrogen and oxygen atoms in total. The van der Waals surface area contributed by atoms with Gasteiger partial charge in [-0.15, -0.1) is 0 Å². The fourth-order valence-electron chi connectivity index (χ4n) is 1.93. The standard InChI is InChI=1S/C15H18N4O/c1-20-15-5-2-11(7-19-15)6-14-17-9-12(10-18-14)8-16-13-3-4-13/h2,5,7,9-10,13,16H,3-4,6,8H2,1H3. The van der Waals surface area contributed by atoms with E-state index in [1.165, 1.54) is 12.8 Å². The zero-order chi connectivity index (χ0) is 13.8. The molecular formula is C15H18N4O. The van der Waals surface area contributed by atoms with Crippen LogP contribution in [0.25, 0.3) is 0 Å². The van der Waals surface area contributed by atoms with E-state index in [2.05, 4.69) is 20.3 Å². The number of nitrogens with one attached hydrogen (secondary N) is 1. The lowest BCUT2D eigenvalue weighted by molar-refractivity contribution is 0.397. The van der Waals surface area contributed by atoms with Crippen molar-refractivity contribution in [3.8, 4) is 5.88 Å². The van der Waals surface area contributed by atoms with Crippen molar-refractivity contribution in [3.05, 3.63) is 47.7 Å². The molecule has 2 aromatic heterocycles. The summed E-state index contributed by atoms with van der Waals surface area (Å²) in [5.74, 6) is 1.43. The summed E-state index contributed by atoms with van der Waals surface area (Å²) in [7, 11) is 1.61. The van der Waals surface area contributed by atoms with Crippen LogP contribution in [0.4, 0.5) is 0 Å². The van der Waals surface area contributed by atoms with Gasteiger partial charge in [-0.2, -0.15) is 0 Å². The Balaban J connectivity index is 1.58. The van der Waals surface area contributed by atoms with Crippen molar-refractivity contribution in [3.63, 3.8) is 0 Å². The number of ether oxygens (including phenoxy) is 1. The maximum absolute atomic E-state index is 5.04. The zero-order valence-electron chi connectivity index (χ0n) is 11.5. The molecule has 1 saturated carbocycles. The van der Waals surface area contributed by atoms with Gasteiger partial charge >= 0.3 is 0 Å². The Morgan fingerprint density at radius 2 is 1.85 bits per heavy atom. The van der Waals surface area contributed by atoms with Crippen molar-refractivity contribution >= 4 is 0 Å². The van der Waals surface area contributed by atoms with Crippen molar-refractivity contribution < 1.29 is 4.74 Å². The second kappa shape index (κ2) is 5.96. The first-order chi connectivity index (χ1) is 9.83. The lowest BCUT2D eigenvalue weighted by Crippen LogP contribution is -2.15. The first-order valence-corrected chi connectivity index (χ1v) is 6.85. The Labute approximate surface area is 118 Å². The number of pyridine rings is 1. The van der Waals surface area contributed by atoms with Crippen molar-refractivity contribution in [2.75, 3.05) is 7.11 Å². The predicted octanol–water partition coefficient (Wildman–Crippen LogP) is 1.72. The summed E-state index contributed by atoms with van der Waals surface area (Å²) < 4.78 is 5.04. The van der Waals surface area contributed by atoms with Crippen LogP contribution >= 0.6 is 0 Å². The van der Waals surface area contributed by atoms with Crippen LogP contribution in [0.3, 0.4) is 0 Å². The molecule has 0 aliphatic heterocycles. The van der Waals surface area contributed by atoms with Gasteiger partial charge in [-0.1, -0.05) is 6.07 Å². The molecule has 20 heavy (non-hydrogen) atoms. The quantitative estimate of drug-likeness (QED) is 0.866. The number of hydrogen-bond acceptors (Lipinski definition) is 5. The van der Waals surface area contributed by atoms with Gasteiger partial charge in [0.1, 0.15) is 5.82 Å². The second-order valence-electron chi connectivity index (χ2n) is 5.05. The topological polar surface area (TPSA) is 59.9 Å². The smallest absolute Gasteiger partial charge is 0.212 e. The van der Waals surface area contributed by atoms with Crippen LogP contribution < -0.4 is 10.1 Å². The average Bonchev–Trinajstić information content (AvgIpc) is 3.32. The lowest BCUT2D eigenvalue weighted by Gasteiger charge is -2.04. The highest BCUT2D eigenvalue weighted by Crippen LogP contribution is 2.19. The van der Waals surface area contributed by atoms with Crippen LogP contribution in [-0.2, 0) is 13.0 Å². The number of hydrogen-bond donors (Lipinski definition) is 1. The summed E-state index contributed by atoms with van der Waals surface area (Å²) in [6.07, 6.45) is 8.87. The molecule has 1 fully saturated rings. The van der Waals surface area contributed by atoms with Gasteiger partial charge in [0.05, 0.1) is 7.11 Å². The molecule has 0 atom stereocenters. The van der Waals surface area contributed by atoms with Crippen LogP contribution in [-0.4, -0.2) is 28.1 Å². The van der Waals surface area contributed by atoms with E-state index in [0.29, 0.717) is 18.3 Å². The van der Waals surface area contributed by atoms with Gasteiger partial charge in [0.15, 0.2) is 0 Å². The van der Waals surface area contributed by atoms with Gasteiger partial charge in [-0.05, 0) is 18.4 Å². The van der Waals surface area contributed by atoms with Gasteiger partial charge < -0.3 is 10.1 Å². The number of aromatic nitrogens is 3. The van der Waals surface area contributed by atoms with E-state index in [1.54, 1.807) is 13.3 Å². The molecule has 1 aliphatic carbocycles. The Morgan fingerprint density at radius 1 is 1.10 bits per heavy atom. The van der Waals surface area contributed by atoms with Crippen molar-refractivity contribution in [2.45, 2.75) is 31.8 Å². The van der Waals surface area contributed by atoms with E-state index in [0.717, 1.165) is 23.5 Å². The minimum atomic E-state index is 0.621. The van der Waals surface area contributed by atoms with Crippen LogP contribution in [0.5, 0.6) is 5.88 Å². The number of nitrogens with zero attached hydrogens (tertiary/aromatic N) is 3. The van der Waals surface area contributed by atoms with Crippen molar-refractivity contribution in [2.24, 2.45) is 0 Å². The summed E-state index contributed by atoms with van der Waals surface area (Å²) in [5.41, 5.74) is 2.21. The number of methoxy groups -OCH3 is 1. The summed E-state index contributed by atoms with van der Waals surface area (Å²) in [5, 5.41) is 3.45. The van der Waals surface area contributed by atoms with Gasteiger partial charge in [0, 0.05) is 49.2 Å². The molecule has 104 valence electrons. The second-order valence-corrected chi connectivity index (χ2v) is 5.05. The highest BCUT2D eigenvalue weighted by Gasteiger charge is 2.19. The molecule has 0 saturated heterocycles. The van der Waals surface area contributed by atoms with Crippen LogP contribution in [0, 0.1) is 0 Å². The Bertz CT molecular complexity index is 549. The van der Waals surface area contributed by atoms with E-state index in [9.17, 15) is 0 Å². The monoisotopic (exact) mass is 270 g/mol. The molecule has 5 heteroatoms. The third-order valence-electron chi connectivity index (χ3n) is 3.30. The SMILES string of the molecule is COc1ccc(Cc2ncc(CNC3CC3)cn2)cn1. The minimum Gasteiger partial charge on any atom is -0.481 e. The van der Waals surface area contributed by atoms with Gasteiger partial charge in [-0.3, -0.25) is 0 Å². The van der Waals surface area contributed by atoms with Gasteiger partial charge in [0.2, 0.25) is 5.88 Å². The predicted molar refractivity (Wildman–Crippen MR) is 75.5 cm³/mol. The van der Waals surface area contributed by atoms with Gasteiger partial charge in [0.25, 0.3) is 0 Å². The first-order valence-electron chi connectivity index (χ1n) is 6.85. The molecule has 0 spiro atoms. The van der Waals surface area contributed by atoms with Gasteiger partial charge in [-0.25, -0.2) is 15.0 Å². The molecule has 0 amide bonds. The zero-order valence-corrected chi connectivity index (χ0v) is 11.5. The summed E-state index contributed by atoms with van der Waals surface area (Å²) >= 11 is 0. The Kier molecular flexibility index (Phi) is 3.87. The first kappa shape index (κ1) is 13.0. The molecule has 2 heterocycles. The van der Waals surface area contributed by atoms with Crippen LogP contribution in [0.2, 0.25) is 0 Å². The summed E-state index contributed by atoms with van der Waals surface area (Å²) in [6, 6.07) is 4.54. The fourth-order valence-corrected chi connectivity index (χ4v) is 1.93. The molecule has 2 aromatic rings. The highest BCUT2D eigenvalue weighted by molar-refractivity contribution is 5.21. The lowest BCUT2D eigenvalue weighted by atomic mass is 10.2. The Hall–Kier alpha value is -2.01. The molecule has 3 rings (SSSR count). The van der Waals surface area contributed by atoms with Crippen LogP contribution in [0.1, 0.15) is 29.8 Å². The van der Waals surface area contributed by atoms with Crippen LogP contribution in [0.15, 0.2) is 30.7 Å². The van der Waals surface area contributed by atoms with E-state index < -0.39 is 0 Å². The highest BCUT2D eigenvalue weighted by atomic mass is 16.5. The van der Waals surface area contributed by atoms with E-state index in [4.69, 9.17) is 4.74 Å². The van der Waals surface area contributed by atoms with E-state index in [-0.39, 0.29) is 0 Å². The van der Waals surface area contributed by atoms with E-state index in [1.807, 2.05) is 24.5 Å². The molecule has 0 radical (unpaired) electrons. The summed E-state index contributed by atoms with van der Waals surface area (Å²) in [6.45, 7) is 0.856. The Morgan fingerprint density at radius 3 is 2.45 bits per heavy atom. The maximum Gasteiger partial charge on any atom is 0.212 e. The number of rotatable bonds is 6. The fraction of sp³-hybridized carbons (Fsp3) is 0.400. The molecule has 1 N–H and O–H groups in total. The normalized spacial score (nSPS) is 14.2. The largest absolute Gasteiger partial charge is 0.481 e. The third-order valence-corrected chi connectivity index (χ3v) is 3.30. The van der Waals surface area contributed by atoms with E-state index >= 15 is 0 Å². The molecule has 1 aliphatic rings. The molecule has 0 bridgehead atoms. The molecule has 0 aromatic carbocycles.